The predicted octanol–water partition coefficient (Wildman–Crippen LogP) is 0.695. The van der Waals surface area contributed by atoms with E-state index in [1.165, 1.54) is 0 Å². The maximum atomic E-state index is 13.3. The Balaban J connectivity index is 2.96. The van der Waals surface area contributed by atoms with E-state index in [1.807, 2.05) is 4.72 Å². The Labute approximate surface area is 103 Å². The van der Waals surface area contributed by atoms with Gasteiger partial charge < -0.3 is 5.32 Å². The van der Waals surface area contributed by atoms with Gasteiger partial charge >= 0.3 is 0 Å². The smallest absolute Gasteiger partial charge is 0.271 e. The van der Waals surface area contributed by atoms with Gasteiger partial charge in [-0.2, -0.15) is 0 Å². The van der Waals surface area contributed by atoms with E-state index in [4.69, 9.17) is 0 Å². The van der Waals surface area contributed by atoms with Crippen molar-refractivity contribution in [2.24, 2.45) is 0 Å². The Morgan fingerprint density at radius 1 is 1.44 bits per heavy atom. The number of non-ortho nitro benzene ring substituents is 1. The Morgan fingerprint density at radius 2 is 2.11 bits per heavy atom. The second kappa shape index (κ2) is 5.74. The van der Waals surface area contributed by atoms with Gasteiger partial charge in [-0.05, 0) is 13.1 Å². The van der Waals surface area contributed by atoms with Gasteiger partial charge in [-0.25, -0.2) is 12.8 Å². The molecular formula is C9H12FN3O4S. The largest absolute Gasteiger partial charge is 0.319 e. The average Bonchev–Trinajstić information content (AvgIpc) is 2.29. The van der Waals surface area contributed by atoms with Gasteiger partial charge in [0.1, 0.15) is 5.82 Å². The standard InChI is InChI=1S/C9H12FN3O4S/c1-11-4-5-18(16,17)12-9-6-7(13(14)15)2-3-8(9)10/h2-3,6,11-12H,4-5H2,1H3. The summed E-state index contributed by atoms with van der Waals surface area (Å²) in [4.78, 5) is 9.77. The quantitative estimate of drug-likeness (QED) is 0.588. The van der Waals surface area contributed by atoms with E-state index in [0.29, 0.717) is 0 Å². The Hall–Kier alpha value is -1.74. The minimum Gasteiger partial charge on any atom is -0.319 e. The van der Waals surface area contributed by atoms with Gasteiger partial charge in [0.15, 0.2) is 0 Å². The van der Waals surface area contributed by atoms with Crippen LogP contribution in [0.2, 0.25) is 0 Å². The van der Waals surface area contributed by atoms with Crippen LogP contribution < -0.4 is 10.0 Å². The number of benzene rings is 1. The molecule has 0 unspecified atom stereocenters. The van der Waals surface area contributed by atoms with E-state index in [2.05, 4.69) is 5.32 Å². The molecule has 0 saturated heterocycles. The second-order valence-corrected chi connectivity index (χ2v) is 5.29. The van der Waals surface area contributed by atoms with Crippen molar-refractivity contribution in [1.29, 1.82) is 0 Å². The number of sulfonamides is 1. The molecule has 1 aromatic carbocycles. The maximum absolute atomic E-state index is 13.3. The number of nitro benzene ring substituents is 1. The molecule has 7 nitrogen and oxygen atoms in total. The van der Waals surface area contributed by atoms with Gasteiger partial charge in [0.05, 0.1) is 16.4 Å². The molecule has 0 saturated carbocycles. The van der Waals surface area contributed by atoms with Crippen LogP contribution in [-0.4, -0.2) is 32.7 Å². The monoisotopic (exact) mass is 277 g/mol. The van der Waals surface area contributed by atoms with E-state index in [-0.39, 0.29) is 18.0 Å². The molecule has 1 aromatic rings. The lowest BCUT2D eigenvalue weighted by Gasteiger charge is -2.08. The van der Waals surface area contributed by atoms with E-state index >= 15 is 0 Å². The molecule has 0 spiro atoms. The summed E-state index contributed by atoms with van der Waals surface area (Å²) in [6, 6.07) is 2.64. The fraction of sp³-hybridized carbons (Fsp3) is 0.333. The van der Waals surface area contributed by atoms with Crippen LogP contribution in [0.1, 0.15) is 0 Å². The Kier molecular flexibility index (Phi) is 4.56. The molecule has 0 aliphatic carbocycles. The lowest BCUT2D eigenvalue weighted by Crippen LogP contribution is -2.24. The fourth-order valence-corrected chi connectivity index (χ4v) is 2.23. The van der Waals surface area contributed by atoms with Gasteiger partial charge in [0, 0.05) is 18.7 Å². The molecule has 0 atom stereocenters. The highest BCUT2D eigenvalue weighted by molar-refractivity contribution is 7.92. The number of hydrogen-bond acceptors (Lipinski definition) is 5. The molecule has 2 N–H and O–H groups in total. The minimum absolute atomic E-state index is 0.186. The first-order chi connectivity index (χ1) is 8.35. The van der Waals surface area contributed by atoms with Crippen molar-refractivity contribution < 1.29 is 17.7 Å². The maximum Gasteiger partial charge on any atom is 0.271 e. The number of rotatable bonds is 6. The van der Waals surface area contributed by atoms with Crippen molar-refractivity contribution in [3.05, 3.63) is 34.1 Å². The van der Waals surface area contributed by atoms with Gasteiger partial charge in [0.25, 0.3) is 5.69 Å². The molecule has 0 aromatic heterocycles. The summed E-state index contributed by atoms with van der Waals surface area (Å²) in [5.74, 6) is -1.13. The van der Waals surface area contributed by atoms with Crippen LogP contribution in [0.4, 0.5) is 15.8 Å². The summed E-state index contributed by atoms with van der Waals surface area (Å²) in [6.45, 7) is 0.186. The highest BCUT2D eigenvalue weighted by Gasteiger charge is 2.16. The zero-order valence-electron chi connectivity index (χ0n) is 9.51. The van der Waals surface area contributed by atoms with Gasteiger partial charge in [-0.1, -0.05) is 0 Å². The third kappa shape index (κ3) is 3.93. The van der Waals surface area contributed by atoms with Gasteiger partial charge in [0.2, 0.25) is 10.0 Å². The van der Waals surface area contributed by atoms with Crippen LogP contribution in [0.5, 0.6) is 0 Å². The molecule has 0 heterocycles. The molecule has 0 fully saturated rings. The average molecular weight is 277 g/mol. The van der Waals surface area contributed by atoms with Crippen molar-refractivity contribution in [2.75, 3.05) is 24.1 Å². The zero-order valence-corrected chi connectivity index (χ0v) is 10.3. The topological polar surface area (TPSA) is 101 Å². The van der Waals surface area contributed by atoms with E-state index in [9.17, 15) is 22.9 Å². The normalized spacial score (nSPS) is 11.2. The molecule has 1 rings (SSSR count). The molecule has 0 bridgehead atoms. The summed E-state index contributed by atoms with van der Waals surface area (Å²) in [5.41, 5.74) is -0.817. The molecule has 0 amide bonds. The van der Waals surface area contributed by atoms with Crippen molar-refractivity contribution in [1.82, 2.24) is 5.32 Å². The molecule has 0 radical (unpaired) electrons. The lowest BCUT2D eigenvalue weighted by atomic mass is 10.3. The summed E-state index contributed by atoms with van der Waals surface area (Å²) in [6.07, 6.45) is 0. The molecular weight excluding hydrogens is 265 g/mol. The van der Waals surface area contributed by atoms with E-state index < -0.39 is 26.5 Å². The fourth-order valence-electron chi connectivity index (χ4n) is 1.16. The van der Waals surface area contributed by atoms with Crippen LogP contribution in [0, 0.1) is 15.9 Å². The number of anilines is 1. The second-order valence-electron chi connectivity index (χ2n) is 3.45. The minimum atomic E-state index is -3.74. The number of nitro groups is 1. The number of halogens is 1. The first-order valence-corrected chi connectivity index (χ1v) is 6.60. The van der Waals surface area contributed by atoms with E-state index in [1.54, 1.807) is 7.05 Å². The third-order valence-electron chi connectivity index (χ3n) is 2.05. The lowest BCUT2D eigenvalue weighted by molar-refractivity contribution is -0.384. The van der Waals surface area contributed by atoms with Gasteiger partial charge in [-0.3, -0.25) is 14.8 Å². The molecule has 100 valence electrons. The Morgan fingerprint density at radius 3 is 2.67 bits per heavy atom. The highest BCUT2D eigenvalue weighted by Crippen LogP contribution is 2.22. The summed E-state index contributed by atoms with van der Waals surface area (Å²) in [5, 5.41) is 13.1. The van der Waals surface area contributed by atoms with Crippen molar-refractivity contribution in [2.45, 2.75) is 0 Å². The molecule has 0 aliphatic heterocycles. The summed E-state index contributed by atoms with van der Waals surface area (Å²) >= 11 is 0. The zero-order chi connectivity index (χ0) is 13.8. The first-order valence-electron chi connectivity index (χ1n) is 4.95. The third-order valence-corrected chi connectivity index (χ3v) is 3.32. The van der Waals surface area contributed by atoms with Crippen molar-refractivity contribution in [3.63, 3.8) is 0 Å². The van der Waals surface area contributed by atoms with Crippen molar-refractivity contribution >= 4 is 21.4 Å². The number of hydrogen-bond donors (Lipinski definition) is 2. The highest BCUT2D eigenvalue weighted by atomic mass is 32.2. The van der Waals surface area contributed by atoms with Crippen LogP contribution in [-0.2, 0) is 10.0 Å². The van der Waals surface area contributed by atoms with Crippen LogP contribution in [0.3, 0.4) is 0 Å². The summed E-state index contributed by atoms with van der Waals surface area (Å²) < 4.78 is 38.3. The predicted molar refractivity (Wildman–Crippen MR) is 64.4 cm³/mol. The first kappa shape index (κ1) is 14.3. The number of nitrogens with zero attached hydrogens (tertiary/aromatic N) is 1. The van der Waals surface area contributed by atoms with E-state index in [0.717, 1.165) is 18.2 Å². The number of nitrogens with one attached hydrogen (secondary N) is 2. The van der Waals surface area contributed by atoms with Crippen molar-refractivity contribution in [3.8, 4) is 0 Å². The summed E-state index contributed by atoms with van der Waals surface area (Å²) in [7, 11) is -2.16. The molecule has 0 aliphatic rings. The van der Waals surface area contributed by atoms with Gasteiger partial charge in [-0.15, -0.1) is 0 Å². The van der Waals surface area contributed by atoms with Crippen LogP contribution in [0.25, 0.3) is 0 Å². The van der Waals surface area contributed by atoms with Crippen LogP contribution in [0.15, 0.2) is 18.2 Å². The molecule has 9 heteroatoms. The molecule has 18 heavy (non-hydrogen) atoms. The van der Waals surface area contributed by atoms with Crippen LogP contribution >= 0.6 is 0 Å². The SMILES string of the molecule is CNCCS(=O)(=O)Nc1cc([N+](=O)[O-])ccc1F. The Bertz CT molecular complexity index is 547.